The van der Waals surface area contributed by atoms with E-state index in [1.807, 2.05) is 49.4 Å². The van der Waals surface area contributed by atoms with Crippen LogP contribution in [0.5, 0.6) is 11.5 Å². The van der Waals surface area contributed by atoms with Crippen LogP contribution in [0.2, 0.25) is 0 Å². The molecule has 4 nitrogen and oxygen atoms in total. The van der Waals surface area contributed by atoms with Gasteiger partial charge in [-0.2, -0.15) is 0 Å². The normalized spacial score (nSPS) is 12.1. The fourth-order valence-corrected chi connectivity index (χ4v) is 3.79. The van der Waals surface area contributed by atoms with E-state index in [1.165, 1.54) is 11.1 Å². The van der Waals surface area contributed by atoms with E-state index in [1.54, 1.807) is 0 Å². The first-order chi connectivity index (χ1) is 14.5. The Morgan fingerprint density at radius 3 is 2.50 bits per heavy atom. The third kappa shape index (κ3) is 4.33. The summed E-state index contributed by atoms with van der Waals surface area (Å²) in [4.78, 5) is 4.87. The van der Waals surface area contributed by atoms with E-state index in [0.29, 0.717) is 13.2 Å². The summed E-state index contributed by atoms with van der Waals surface area (Å²) >= 11 is 0. The van der Waals surface area contributed by atoms with Crippen LogP contribution < -0.4 is 9.47 Å². The number of ether oxygens (including phenoxy) is 2. The third-order valence-corrected chi connectivity index (χ3v) is 5.25. The molecule has 0 aliphatic rings. The van der Waals surface area contributed by atoms with Crippen molar-refractivity contribution in [1.29, 1.82) is 0 Å². The molecule has 0 fully saturated rings. The number of para-hydroxylation sites is 2. The number of fused-ring (bicyclic) bond motifs is 1. The van der Waals surface area contributed by atoms with Gasteiger partial charge in [-0.3, -0.25) is 0 Å². The minimum absolute atomic E-state index is 0.180. The summed E-state index contributed by atoms with van der Waals surface area (Å²) in [6.45, 7) is 9.55. The maximum Gasteiger partial charge on any atom is 0.153 e. The topological polar surface area (TPSA) is 36.3 Å². The summed E-state index contributed by atoms with van der Waals surface area (Å²) in [5.41, 5.74) is 5.64. The van der Waals surface area contributed by atoms with Crippen LogP contribution in [0, 0.1) is 20.8 Å². The highest BCUT2D eigenvalue weighted by Gasteiger charge is 2.18. The van der Waals surface area contributed by atoms with Crippen LogP contribution in [-0.4, -0.2) is 16.2 Å². The number of imidazole rings is 1. The predicted molar refractivity (Wildman–Crippen MR) is 121 cm³/mol. The molecule has 0 saturated carbocycles. The van der Waals surface area contributed by atoms with E-state index in [9.17, 15) is 0 Å². The molecule has 0 amide bonds. The van der Waals surface area contributed by atoms with Crippen molar-refractivity contribution in [3.05, 3.63) is 89.2 Å². The van der Waals surface area contributed by atoms with E-state index in [2.05, 4.69) is 49.6 Å². The summed E-state index contributed by atoms with van der Waals surface area (Å²) in [6.07, 6.45) is -0.180. The lowest BCUT2D eigenvalue weighted by Crippen LogP contribution is -2.16. The van der Waals surface area contributed by atoms with Gasteiger partial charge >= 0.3 is 0 Å². The average Bonchev–Trinajstić information content (AvgIpc) is 3.08. The SMILES string of the molecule is Cc1cccc(OC(C)c2nc3ccccc3n2CCOc2ccc(C)cc2C)c1. The monoisotopic (exact) mass is 400 g/mol. The Hall–Kier alpha value is -3.27. The lowest BCUT2D eigenvalue weighted by atomic mass is 10.1. The zero-order chi connectivity index (χ0) is 21.1. The number of aryl methyl sites for hydroxylation is 3. The van der Waals surface area contributed by atoms with E-state index in [-0.39, 0.29) is 6.10 Å². The molecule has 1 unspecified atom stereocenters. The molecule has 1 heterocycles. The molecule has 30 heavy (non-hydrogen) atoms. The predicted octanol–water partition coefficient (Wildman–Crippen LogP) is 6.18. The van der Waals surface area contributed by atoms with Gasteiger partial charge in [0.15, 0.2) is 11.9 Å². The van der Waals surface area contributed by atoms with Crippen molar-refractivity contribution in [3.63, 3.8) is 0 Å². The van der Waals surface area contributed by atoms with Crippen molar-refractivity contribution in [3.8, 4) is 11.5 Å². The number of benzene rings is 3. The first-order valence-corrected chi connectivity index (χ1v) is 10.4. The summed E-state index contributed by atoms with van der Waals surface area (Å²) in [5.74, 6) is 2.69. The standard InChI is InChI=1S/C26H28N2O2/c1-18-8-7-9-22(17-18)30-21(4)26-27-23-10-5-6-11-24(23)28(26)14-15-29-25-13-12-19(2)16-20(25)3/h5-13,16-17,21H,14-15H2,1-4H3. The number of aromatic nitrogens is 2. The first kappa shape index (κ1) is 20.0. The fraction of sp³-hybridized carbons (Fsp3) is 0.269. The van der Waals surface area contributed by atoms with Crippen LogP contribution in [0.15, 0.2) is 66.7 Å². The minimum atomic E-state index is -0.180. The lowest BCUT2D eigenvalue weighted by molar-refractivity contribution is 0.207. The van der Waals surface area contributed by atoms with Crippen LogP contribution in [0.3, 0.4) is 0 Å². The molecule has 0 spiro atoms. The Kier molecular flexibility index (Phi) is 5.75. The van der Waals surface area contributed by atoms with Crippen LogP contribution in [-0.2, 0) is 6.54 Å². The Morgan fingerprint density at radius 1 is 0.900 bits per heavy atom. The summed E-state index contributed by atoms with van der Waals surface area (Å²) in [6, 6.07) is 22.6. The maximum atomic E-state index is 6.22. The molecule has 0 N–H and O–H groups in total. The molecule has 4 heteroatoms. The molecule has 0 saturated heterocycles. The second-order valence-corrected chi connectivity index (χ2v) is 7.80. The summed E-state index contributed by atoms with van der Waals surface area (Å²) in [5, 5.41) is 0. The lowest BCUT2D eigenvalue weighted by Gasteiger charge is -2.17. The van der Waals surface area contributed by atoms with Gasteiger partial charge in [-0.25, -0.2) is 4.98 Å². The Balaban J connectivity index is 1.56. The molecule has 1 aromatic heterocycles. The Morgan fingerprint density at radius 2 is 1.70 bits per heavy atom. The summed E-state index contributed by atoms with van der Waals surface area (Å²) < 4.78 is 14.5. The largest absolute Gasteiger partial charge is 0.491 e. The van der Waals surface area contributed by atoms with Crippen molar-refractivity contribution < 1.29 is 9.47 Å². The van der Waals surface area contributed by atoms with Crippen molar-refractivity contribution in [1.82, 2.24) is 9.55 Å². The second kappa shape index (κ2) is 8.62. The number of hydrogen-bond donors (Lipinski definition) is 0. The highest BCUT2D eigenvalue weighted by molar-refractivity contribution is 5.76. The number of hydrogen-bond acceptors (Lipinski definition) is 3. The second-order valence-electron chi connectivity index (χ2n) is 7.80. The number of rotatable bonds is 7. The van der Waals surface area contributed by atoms with Gasteiger partial charge in [-0.1, -0.05) is 42.0 Å². The smallest absolute Gasteiger partial charge is 0.153 e. The third-order valence-electron chi connectivity index (χ3n) is 5.25. The van der Waals surface area contributed by atoms with Gasteiger partial charge in [-0.15, -0.1) is 0 Å². The van der Waals surface area contributed by atoms with Crippen molar-refractivity contribution >= 4 is 11.0 Å². The Bertz CT molecular complexity index is 1160. The molecule has 0 aliphatic heterocycles. The van der Waals surface area contributed by atoms with E-state index >= 15 is 0 Å². The van der Waals surface area contributed by atoms with Gasteiger partial charge in [0.1, 0.15) is 18.1 Å². The Labute approximate surface area is 178 Å². The molecule has 1 atom stereocenters. The molecule has 154 valence electrons. The molecule has 0 aliphatic carbocycles. The van der Waals surface area contributed by atoms with Gasteiger partial charge in [0.2, 0.25) is 0 Å². The van der Waals surface area contributed by atoms with Gasteiger partial charge in [-0.05, 0) is 69.2 Å². The quantitative estimate of drug-likeness (QED) is 0.372. The van der Waals surface area contributed by atoms with E-state index < -0.39 is 0 Å². The number of nitrogens with zero attached hydrogens (tertiary/aromatic N) is 2. The van der Waals surface area contributed by atoms with E-state index in [0.717, 1.165) is 33.9 Å². The fourth-order valence-electron chi connectivity index (χ4n) is 3.79. The molecular formula is C26H28N2O2. The van der Waals surface area contributed by atoms with E-state index in [4.69, 9.17) is 14.5 Å². The molecule has 0 bridgehead atoms. The van der Waals surface area contributed by atoms with Gasteiger partial charge in [0.05, 0.1) is 17.6 Å². The minimum Gasteiger partial charge on any atom is -0.491 e. The first-order valence-electron chi connectivity index (χ1n) is 10.4. The molecule has 4 aromatic rings. The van der Waals surface area contributed by atoms with Gasteiger partial charge < -0.3 is 14.0 Å². The zero-order valence-corrected chi connectivity index (χ0v) is 18.1. The van der Waals surface area contributed by atoms with Crippen molar-refractivity contribution in [2.75, 3.05) is 6.61 Å². The maximum absolute atomic E-state index is 6.22. The van der Waals surface area contributed by atoms with Gasteiger partial charge in [0.25, 0.3) is 0 Å². The van der Waals surface area contributed by atoms with Crippen LogP contribution in [0.1, 0.15) is 35.5 Å². The average molecular weight is 401 g/mol. The molecule has 3 aromatic carbocycles. The van der Waals surface area contributed by atoms with Crippen molar-refractivity contribution in [2.24, 2.45) is 0 Å². The van der Waals surface area contributed by atoms with Crippen LogP contribution in [0.25, 0.3) is 11.0 Å². The zero-order valence-electron chi connectivity index (χ0n) is 18.1. The van der Waals surface area contributed by atoms with Gasteiger partial charge in [0, 0.05) is 0 Å². The van der Waals surface area contributed by atoms with Crippen molar-refractivity contribution in [2.45, 2.75) is 40.3 Å². The van der Waals surface area contributed by atoms with Crippen LogP contribution in [0.4, 0.5) is 0 Å². The highest BCUT2D eigenvalue weighted by Crippen LogP contribution is 2.26. The highest BCUT2D eigenvalue weighted by atomic mass is 16.5. The molecule has 0 radical (unpaired) electrons. The summed E-state index contributed by atoms with van der Waals surface area (Å²) in [7, 11) is 0. The molecular weight excluding hydrogens is 372 g/mol. The molecule has 4 rings (SSSR count). The van der Waals surface area contributed by atoms with Crippen LogP contribution >= 0.6 is 0 Å².